The highest BCUT2D eigenvalue weighted by Gasteiger charge is 2.34. The Bertz CT molecular complexity index is 1160. The molecule has 1 aliphatic heterocycles. The molecule has 0 unspecified atom stereocenters. The van der Waals surface area contributed by atoms with Gasteiger partial charge in [0.1, 0.15) is 0 Å². The number of aromatic nitrogens is 2. The summed E-state index contributed by atoms with van der Waals surface area (Å²) >= 11 is 5.84. The van der Waals surface area contributed by atoms with Crippen LogP contribution in [-0.4, -0.2) is 36.0 Å². The van der Waals surface area contributed by atoms with Crippen molar-refractivity contribution in [3.05, 3.63) is 65.0 Å². The third-order valence-electron chi connectivity index (χ3n) is 5.10. The number of nitrogens with zero attached hydrogens (tertiary/aromatic N) is 3. The molecule has 1 atom stereocenters. The SMILES string of the molecule is O=S(=O)(c1ccc(Cl)cc1)N1CCC[C@H](c2nc(-c3ccc(C(F)(F)F)cc3)no2)C1. The normalized spacial score (nSPS) is 18.3. The van der Waals surface area contributed by atoms with Crippen molar-refractivity contribution < 1.29 is 26.1 Å². The highest BCUT2D eigenvalue weighted by atomic mass is 35.5. The summed E-state index contributed by atoms with van der Waals surface area (Å²) in [6, 6.07) is 10.4. The molecule has 0 aliphatic carbocycles. The minimum atomic E-state index is -4.43. The first kappa shape index (κ1) is 21.8. The number of halogens is 4. The molecular formula is C20H17ClF3N3O3S. The van der Waals surface area contributed by atoms with Crippen LogP contribution in [0.25, 0.3) is 11.4 Å². The Hall–Kier alpha value is -2.43. The highest BCUT2D eigenvalue weighted by molar-refractivity contribution is 7.89. The van der Waals surface area contributed by atoms with Gasteiger partial charge in [-0.1, -0.05) is 28.9 Å². The third kappa shape index (κ3) is 4.60. The predicted octanol–water partition coefficient (Wildman–Crippen LogP) is 4.98. The quantitative estimate of drug-likeness (QED) is 0.536. The van der Waals surface area contributed by atoms with E-state index in [-0.39, 0.29) is 29.1 Å². The fourth-order valence-corrected chi connectivity index (χ4v) is 5.09. The summed E-state index contributed by atoms with van der Waals surface area (Å²) in [5, 5.41) is 4.30. The van der Waals surface area contributed by atoms with Crippen LogP contribution in [0.1, 0.15) is 30.2 Å². The maximum Gasteiger partial charge on any atom is 0.416 e. The number of rotatable bonds is 4. The van der Waals surface area contributed by atoms with Gasteiger partial charge >= 0.3 is 6.18 Å². The molecule has 4 rings (SSSR count). The van der Waals surface area contributed by atoms with Gasteiger partial charge in [-0.2, -0.15) is 22.5 Å². The molecule has 0 radical (unpaired) electrons. The van der Waals surface area contributed by atoms with Crippen LogP contribution >= 0.6 is 11.6 Å². The highest BCUT2D eigenvalue weighted by Crippen LogP contribution is 2.33. The van der Waals surface area contributed by atoms with E-state index in [4.69, 9.17) is 16.1 Å². The zero-order valence-corrected chi connectivity index (χ0v) is 17.6. The van der Waals surface area contributed by atoms with Gasteiger partial charge in [0.15, 0.2) is 0 Å². The lowest BCUT2D eigenvalue weighted by atomic mass is 10.00. The van der Waals surface area contributed by atoms with Crippen LogP contribution in [0.5, 0.6) is 0 Å². The van der Waals surface area contributed by atoms with Gasteiger partial charge in [0.2, 0.25) is 21.7 Å². The molecule has 11 heteroatoms. The minimum Gasteiger partial charge on any atom is -0.339 e. The molecule has 1 saturated heterocycles. The Kier molecular flexibility index (Phi) is 5.80. The van der Waals surface area contributed by atoms with Crippen LogP contribution in [-0.2, 0) is 16.2 Å². The zero-order valence-electron chi connectivity index (χ0n) is 16.0. The van der Waals surface area contributed by atoms with Crippen LogP contribution in [0.2, 0.25) is 5.02 Å². The number of hydrogen-bond acceptors (Lipinski definition) is 5. The number of sulfonamides is 1. The predicted molar refractivity (Wildman–Crippen MR) is 107 cm³/mol. The summed E-state index contributed by atoms with van der Waals surface area (Å²) in [6.07, 6.45) is -3.17. The van der Waals surface area contributed by atoms with E-state index in [2.05, 4.69) is 10.1 Å². The van der Waals surface area contributed by atoms with Crippen LogP contribution in [0.15, 0.2) is 57.9 Å². The van der Waals surface area contributed by atoms with Gasteiger partial charge in [-0.15, -0.1) is 0 Å². The van der Waals surface area contributed by atoms with E-state index in [0.29, 0.717) is 30.0 Å². The van der Waals surface area contributed by atoms with Crippen LogP contribution < -0.4 is 0 Å². The van der Waals surface area contributed by atoms with E-state index in [9.17, 15) is 21.6 Å². The Morgan fingerprint density at radius 3 is 2.39 bits per heavy atom. The average Bonchev–Trinajstić information content (AvgIpc) is 3.24. The molecule has 0 saturated carbocycles. The van der Waals surface area contributed by atoms with Crippen LogP contribution in [0, 0.1) is 0 Å². The second-order valence-corrected chi connectivity index (χ2v) is 9.56. The topological polar surface area (TPSA) is 76.3 Å². The molecule has 31 heavy (non-hydrogen) atoms. The molecule has 0 amide bonds. The molecule has 164 valence electrons. The first-order valence-corrected chi connectivity index (χ1v) is 11.2. The number of piperidine rings is 1. The van der Waals surface area contributed by atoms with Crippen molar-refractivity contribution >= 4 is 21.6 Å². The maximum absolute atomic E-state index is 12.9. The van der Waals surface area contributed by atoms with Crippen molar-refractivity contribution in [1.82, 2.24) is 14.4 Å². The molecule has 1 aliphatic rings. The molecule has 1 aromatic heterocycles. The molecule has 0 spiro atoms. The average molecular weight is 472 g/mol. The molecule has 2 aromatic carbocycles. The summed E-state index contributed by atoms with van der Waals surface area (Å²) in [6.45, 7) is 0.529. The Morgan fingerprint density at radius 1 is 1.06 bits per heavy atom. The summed E-state index contributed by atoms with van der Waals surface area (Å²) in [5.41, 5.74) is -0.389. The second kappa shape index (κ2) is 8.25. The smallest absolute Gasteiger partial charge is 0.339 e. The molecule has 1 fully saturated rings. The van der Waals surface area contributed by atoms with Crippen molar-refractivity contribution in [3.8, 4) is 11.4 Å². The molecule has 2 heterocycles. The largest absolute Gasteiger partial charge is 0.416 e. The van der Waals surface area contributed by atoms with Crippen molar-refractivity contribution in [1.29, 1.82) is 0 Å². The van der Waals surface area contributed by atoms with E-state index in [1.807, 2.05) is 0 Å². The molecule has 3 aromatic rings. The number of hydrogen-bond donors (Lipinski definition) is 0. The second-order valence-electron chi connectivity index (χ2n) is 7.19. The van der Waals surface area contributed by atoms with E-state index in [0.717, 1.165) is 12.1 Å². The van der Waals surface area contributed by atoms with E-state index >= 15 is 0 Å². The summed E-state index contributed by atoms with van der Waals surface area (Å²) < 4.78 is 70.8. The van der Waals surface area contributed by atoms with Crippen LogP contribution in [0.4, 0.5) is 13.2 Å². The van der Waals surface area contributed by atoms with Gasteiger partial charge in [-0.05, 0) is 49.2 Å². The lowest BCUT2D eigenvalue weighted by molar-refractivity contribution is -0.137. The van der Waals surface area contributed by atoms with Crippen LogP contribution in [0.3, 0.4) is 0 Å². The van der Waals surface area contributed by atoms with Gasteiger partial charge in [-0.25, -0.2) is 8.42 Å². The zero-order chi connectivity index (χ0) is 22.2. The molecular weight excluding hydrogens is 455 g/mol. The monoisotopic (exact) mass is 471 g/mol. The molecule has 6 nitrogen and oxygen atoms in total. The molecule has 0 bridgehead atoms. The van der Waals surface area contributed by atoms with Gasteiger partial charge < -0.3 is 4.52 Å². The molecule has 0 N–H and O–H groups in total. The van der Waals surface area contributed by atoms with Crippen molar-refractivity contribution in [2.24, 2.45) is 0 Å². The third-order valence-corrected chi connectivity index (χ3v) is 7.23. The Balaban J connectivity index is 1.52. The fourth-order valence-electron chi connectivity index (χ4n) is 3.44. The fraction of sp³-hybridized carbons (Fsp3) is 0.300. The van der Waals surface area contributed by atoms with Gasteiger partial charge in [0, 0.05) is 23.7 Å². The van der Waals surface area contributed by atoms with E-state index in [1.165, 1.54) is 40.7 Å². The minimum absolute atomic E-state index is 0.147. The number of benzene rings is 2. The van der Waals surface area contributed by atoms with Gasteiger partial charge in [-0.3, -0.25) is 0 Å². The summed E-state index contributed by atoms with van der Waals surface area (Å²) in [4.78, 5) is 4.45. The van der Waals surface area contributed by atoms with Gasteiger partial charge in [0.05, 0.1) is 16.4 Å². The van der Waals surface area contributed by atoms with Crippen molar-refractivity contribution in [3.63, 3.8) is 0 Å². The van der Waals surface area contributed by atoms with Crippen molar-refractivity contribution in [2.45, 2.75) is 29.8 Å². The first-order chi connectivity index (χ1) is 14.6. The number of alkyl halides is 3. The first-order valence-electron chi connectivity index (χ1n) is 9.41. The van der Waals surface area contributed by atoms with E-state index in [1.54, 1.807) is 0 Å². The lowest BCUT2D eigenvalue weighted by Crippen LogP contribution is -2.39. The summed E-state index contributed by atoms with van der Waals surface area (Å²) in [7, 11) is -3.71. The Labute approximate surface area is 181 Å². The van der Waals surface area contributed by atoms with E-state index < -0.39 is 21.8 Å². The van der Waals surface area contributed by atoms with Gasteiger partial charge in [0.25, 0.3) is 0 Å². The summed E-state index contributed by atoms with van der Waals surface area (Å²) in [5.74, 6) is 0.0961. The standard InChI is InChI=1S/C20H17ClF3N3O3S/c21-16-7-9-17(10-8-16)31(28,29)27-11-1-2-14(12-27)19-25-18(26-30-19)13-3-5-15(6-4-13)20(22,23)24/h3-10,14H,1-2,11-12H2/t14-/m0/s1. The Morgan fingerprint density at radius 2 is 1.74 bits per heavy atom. The van der Waals surface area contributed by atoms with Crippen molar-refractivity contribution in [2.75, 3.05) is 13.1 Å². The maximum atomic E-state index is 12.9. The lowest BCUT2D eigenvalue weighted by Gasteiger charge is -2.30.